The predicted octanol–water partition coefficient (Wildman–Crippen LogP) is 5.28. The number of benzene rings is 1. The number of nitrogens with zero attached hydrogens (tertiary/aromatic N) is 4. The van der Waals surface area contributed by atoms with E-state index in [-0.39, 0.29) is 11.8 Å². The summed E-state index contributed by atoms with van der Waals surface area (Å²) in [6.45, 7) is 10.9. The van der Waals surface area contributed by atoms with Gasteiger partial charge >= 0.3 is 0 Å². The molecule has 36 heavy (non-hydrogen) atoms. The zero-order valence-electron chi connectivity index (χ0n) is 21.4. The number of nitrogens with one attached hydrogen (secondary N) is 1. The van der Waals surface area contributed by atoms with Crippen LogP contribution in [0.5, 0.6) is 0 Å². The average molecular weight is 508 g/mol. The zero-order chi connectivity index (χ0) is 24.9. The molecule has 3 aromatic rings. The van der Waals surface area contributed by atoms with Crippen molar-refractivity contribution in [3.8, 4) is 11.1 Å². The van der Waals surface area contributed by atoms with Gasteiger partial charge in [0.15, 0.2) is 0 Å². The molecule has 0 atom stereocenters. The summed E-state index contributed by atoms with van der Waals surface area (Å²) in [5.41, 5.74) is 2.06. The molecule has 0 saturated carbocycles. The Labute approximate surface area is 217 Å². The third kappa shape index (κ3) is 5.88. The number of aromatic nitrogens is 2. The van der Waals surface area contributed by atoms with E-state index in [2.05, 4.69) is 27.2 Å². The molecule has 2 aliphatic heterocycles. The minimum atomic E-state index is -0.0917. The lowest BCUT2D eigenvalue weighted by atomic mass is 9.98. The maximum atomic E-state index is 12.5. The number of carbonyl (C=O) groups excluding carboxylic acids is 1. The van der Waals surface area contributed by atoms with Crippen molar-refractivity contribution in [2.24, 2.45) is 11.8 Å². The first kappa shape index (κ1) is 25.1. The van der Waals surface area contributed by atoms with E-state index >= 15 is 0 Å². The Kier molecular flexibility index (Phi) is 8.14. The standard InChI is InChI=1S/C28H37N5O2S/c1-20(2)25(34)30-27-24(22-8-4-3-5-9-22)23-18-29-28(31-26(23)36-27)33-14-10-21(11-15-33)19-35-17-16-32-12-6-7-13-32/h3-5,8-9,18,20-21H,6-7,10-17,19H2,1-2H3,(H,30,34). The van der Waals surface area contributed by atoms with Crippen LogP contribution >= 0.6 is 11.3 Å². The van der Waals surface area contributed by atoms with Gasteiger partial charge in [0.2, 0.25) is 11.9 Å². The van der Waals surface area contributed by atoms with Crippen LogP contribution in [0.3, 0.4) is 0 Å². The van der Waals surface area contributed by atoms with E-state index < -0.39 is 0 Å². The number of anilines is 2. The largest absolute Gasteiger partial charge is 0.380 e. The van der Waals surface area contributed by atoms with Gasteiger partial charge in [-0.2, -0.15) is 0 Å². The van der Waals surface area contributed by atoms with Gasteiger partial charge in [0.05, 0.1) is 6.61 Å². The molecule has 7 nitrogen and oxygen atoms in total. The van der Waals surface area contributed by atoms with Crippen molar-refractivity contribution < 1.29 is 9.53 Å². The third-order valence-electron chi connectivity index (χ3n) is 7.26. The van der Waals surface area contributed by atoms with Crippen LogP contribution in [0, 0.1) is 11.8 Å². The fourth-order valence-corrected chi connectivity index (χ4v) is 6.08. The van der Waals surface area contributed by atoms with Crippen LogP contribution in [0.4, 0.5) is 10.9 Å². The smallest absolute Gasteiger partial charge is 0.227 e. The molecule has 0 unspecified atom stereocenters. The zero-order valence-corrected chi connectivity index (χ0v) is 22.2. The summed E-state index contributed by atoms with van der Waals surface area (Å²) < 4.78 is 6.02. The predicted molar refractivity (Wildman–Crippen MR) is 148 cm³/mol. The highest BCUT2D eigenvalue weighted by Gasteiger charge is 2.24. The number of thiophene rings is 1. The maximum absolute atomic E-state index is 12.5. The lowest BCUT2D eigenvalue weighted by Crippen LogP contribution is -2.36. The third-order valence-corrected chi connectivity index (χ3v) is 8.28. The SMILES string of the molecule is CC(C)C(=O)Nc1sc2nc(N3CCC(COCCN4CCCC4)CC3)ncc2c1-c1ccccc1. The van der Waals surface area contributed by atoms with Crippen molar-refractivity contribution in [3.63, 3.8) is 0 Å². The van der Waals surface area contributed by atoms with Crippen molar-refractivity contribution in [1.82, 2.24) is 14.9 Å². The molecule has 0 radical (unpaired) electrons. The highest BCUT2D eigenvalue weighted by atomic mass is 32.1. The van der Waals surface area contributed by atoms with Gasteiger partial charge in [-0.05, 0) is 50.3 Å². The molecular formula is C28H37N5O2S. The second-order valence-electron chi connectivity index (χ2n) is 10.3. The average Bonchev–Trinajstić information content (AvgIpc) is 3.54. The quantitative estimate of drug-likeness (QED) is 0.397. The van der Waals surface area contributed by atoms with Crippen molar-refractivity contribution in [3.05, 3.63) is 36.5 Å². The molecule has 0 bridgehead atoms. The molecular weight excluding hydrogens is 470 g/mol. The van der Waals surface area contributed by atoms with Crippen LogP contribution in [0.25, 0.3) is 21.3 Å². The van der Waals surface area contributed by atoms with Crippen LogP contribution in [0.2, 0.25) is 0 Å². The van der Waals surface area contributed by atoms with E-state index in [0.29, 0.717) is 5.92 Å². The van der Waals surface area contributed by atoms with Gasteiger partial charge in [0.1, 0.15) is 9.83 Å². The number of hydrogen-bond donors (Lipinski definition) is 1. The normalized spacial score (nSPS) is 17.4. The number of fused-ring (bicyclic) bond motifs is 1. The molecule has 4 heterocycles. The first-order valence-corrected chi connectivity index (χ1v) is 14.1. The monoisotopic (exact) mass is 507 g/mol. The van der Waals surface area contributed by atoms with Crippen LogP contribution in [0.15, 0.2) is 36.5 Å². The highest BCUT2D eigenvalue weighted by Crippen LogP contribution is 2.42. The topological polar surface area (TPSA) is 70.6 Å². The molecule has 8 heteroatoms. The molecule has 2 aliphatic rings. The van der Waals surface area contributed by atoms with Crippen LogP contribution < -0.4 is 10.2 Å². The molecule has 5 rings (SSSR count). The van der Waals surface area contributed by atoms with Crippen molar-refractivity contribution >= 4 is 38.4 Å². The number of piperidine rings is 1. The van der Waals surface area contributed by atoms with Crippen LogP contribution in [0.1, 0.15) is 39.5 Å². The minimum absolute atomic E-state index is 0.0108. The van der Waals surface area contributed by atoms with E-state index in [1.807, 2.05) is 38.2 Å². The summed E-state index contributed by atoms with van der Waals surface area (Å²) in [5, 5.41) is 4.95. The second kappa shape index (κ2) is 11.7. The van der Waals surface area contributed by atoms with E-state index in [1.54, 1.807) is 0 Å². The van der Waals surface area contributed by atoms with E-state index in [1.165, 1.54) is 37.3 Å². The summed E-state index contributed by atoms with van der Waals surface area (Å²) in [5.74, 6) is 1.30. The number of amides is 1. The van der Waals surface area contributed by atoms with Gasteiger partial charge in [-0.25, -0.2) is 9.97 Å². The summed E-state index contributed by atoms with van der Waals surface area (Å²) >= 11 is 1.53. The molecule has 1 N–H and O–H groups in total. The van der Waals surface area contributed by atoms with Crippen LogP contribution in [-0.4, -0.2) is 66.7 Å². The summed E-state index contributed by atoms with van der Waals surface area (Å²) in [6.07, 6.45) is 6.79. The molecule has 2 fully saturated rings. The molecule has 2 aromatic heterocycles. The fraction of sp³-hybridized carbons (Fsp3) is 0.536. The van der Waals surface area contributed by atoms with Crippen LogP contribution in [-0.2, 0) is 9.53 Å². The summed E-state index contributed by atoms with van der Waals surface area (Å²) in [6, 6.07) is 10.2. The summed E-state index contributed by atoms with van der Waals surface area (Å²) in [4.78, 5) is 27.9. The number of likely N-dealkylation sites (tertiary alicyclic amines) is 1. The van der Waals surface area contributed by atoms with E-state index in [0.717, 1.165) is 78.0 Å². The Morgan fingerprint density at radius 1 is 1.14 bits per heavy atom. The molecule has 192 valence electrons. The second-order valence-corrected chi connectivity index (χ2v) is 11.3. The Morgan fingerprint density at radius 2 is 1.89 bits per heavy atom. The lowest BCUT2D eigenvalue weighted by Gasteiger charge is -2.31. The lowest BCUT2D eigenvalue weighted by molar-refractivity contribution is -0.118. The number of carbonyl (C=O) groups is 1. The number of hydrogen-bond acceptors (Lipinski definition) is 7. The van der Waals surface area contributed by atoms with Gasteiger partial charge in [0, 0.05) is 49.3 Å². The van der Waals surface area contributed by atoms with Gasteiger partial charge in [-0.3, -0.25) is 4.79 Å². The van der Waals surface area contributed by atoms with Gasteiger partial charge < -0.3 is 19.9 Å². The maximum Gasteiger partial charge on any atom is 0.227 e. The number of rotatable bonds is 9. The van der Waals surface area contributed by atoms with E-state index in [4.69, 9.17) is 14.7 Å². The summed E-state index contributed by atoms with van der Waals surface area (Å²) in [7, 11) is 0. The molecule has 1 aromatic carbocycles. The van der Waals surface area contributed by atoms with Gasteiger partial charge in [-0.1, -0.05) is 55.5 Å². The Bertz CT molecular complexity index is 1150. The molecule has 0 aliphatic carbocycles. The van der Waals surface area contributed by atoms with Crippen molar-refractivity contribution in [2.75, 3.05) is 56.2 Å². The fourth-order valence-electron chi connectivity index (χ4n) is 5.01. The first-order chi connectivity index (χ1) is 17.6. The molecule has 1 amide bonds. The van der Waals surface area contributed by atoms with Crippen molar-refractivity contribution in [1.29, 1.82) is 0 Å². The Morgan fingerprint density at radius 3 is 2.61 bits per heavy atom. The first-order valence-electron chi connectivity index (χ1n) is 13.3. The molecule has 2 saturated heterocycles. The van der Waals surface area contributed by atoms with E-state index in [9.17, 15) is 4.79 Å². The van der Waals surface area contributed by atoms with Crippen molar-refractivity contribution in [2.45, 2.75) is 39.5 Å². The van der Waals surface area contributed by atoms with Gasteiger partial charge in [-0.15, -0.1) is 0 Å². The minimum Gasteiger partial charge on any atom is -0.380 e. The Balaban J connectivity index is 1.25. The van der Waals surface area contributed by atoms with Gasteiger partial charge in [0.25, 0.3) is 0 Å². The number of ether oxygens (including phenoxy) is 1. The molecule has 0 spiro atoms. The Hall–Kier alpha value is -2.55. The highest BCUT2D eigenvalue weighted by molar-refractivity contribution is 7.23.